The molecule has 5 N–H and O–H groups in total. The van der Waals surface area contributed by atoms with E-state index in [-0.39, 0.29) is 5.95 Å². The Hall–Kier alpha value is -3.48. The van der Waals surface area contributed by atoms with Crippen LogP contribution >= 0.6 is 0 Å². The zero-order chi connectivity index (χ0) is 15.8. The number of aromatic nitrogens is 5. The van der Waals surface area contributed by atoms with E-state index in [1.54, 1.807) is 24.7 Å². The van der Waals surface area contributed by atoms with Gasteiger partial charge in [0.1, 0.15) is 11.5 Å². The number of aromatic amines is 1. The smallest absolute Gasteiger partial charge is 0.220 e. The molecule has 0 saturated carbocycles. The molecule has 0 unspecified atom stereocenters. The Balaban J connectivity index is 1.91. The average Bonchev–Trinajstić information content (AvgIpc) is 2.99. The Morgan fingerprint density at radius 1 is 0.870 bits per heavy atom. The van der Waals surface area contributed by atoms with Crippen molar-refractivity contribution in [2.75, 3.05) is 11.5 Å². The zero-order valence-corrected chi connectivity index (χ0v) is 12.1. The number of H-pyrrole nitrogens is 1. The van der Waals surface area contributed by atoms with Crippen molar-refractivity contribution in [3.05, 3.63) is 48.9 Å². The number of hydrogen-bond donors (Lipinski definition) is 3. The maximum absolute atomic E-state index is 5.79. The lowest BCUT2D eigenvalue weighted by molar-refractivity contribution is 1.18. The van der Waals surface area contributed by atoms with Crippen molar-refractivity contribution < 1.29 is 0 Å². The first-order valence-electron chi connectivity index (χ1n) is 6.99. The Kier molecular flexibility index (Phi) is 2.90. The summed E-state index contributed by atoms with van der Waals surface area (Å²) in [6, 6.07) is 9.49. The SMILES string of the molecule is Nc1cc(-c2ccnc3[nH]c(-c4ccnc(N)n4)cc23)ccn1. The van der Waals surface area contributed by atoms with Gasteiger partial charge in [0.15, 0.2) is 0 Å². The summed E-state index contributed by atoms with van der Waals surface area (Å²) in [5, 5.41) is 0.977. The number of hydrogen-bond acceptors (Lipinski definition) is 6. The molecule has 0 spiro atoms. The third-order valence-electron chi connectivity index (χ3n) is 3.57. The molecular formula is C16H13N7. The van der Waals surface area contributed by atoms with Gasteiger partial charge in [-0.15, -0.1) is 0 Å². The number of nitrogens with two attached hydrogens (primary N) is 2. The summed E-state index contributed by atoms with van der Waals surface area (Å²) in [6.45, 7) is 0. The second-order valence-electron chi connectivity index (χ2n) is 5.07. The van der Waals surface area contributed by atoms with Crippen LogP contribution in [0.25, 0.3) is 33.5 Å². The molecule has 0 atom stereocenters. The maximum Gasteiger partial charge on any atom is 0.220 e. The Bertz CT molecular complexity index is 1010. The highest BCUT2D eigenvalue weighted by atomic mass is 15.0. The molecule has 4 aromatic rings. The van der Waals surface area contributed by atoms with E-state index in [1.807, 2.05) is 24.3 Å². The average molecular weight is 303 g/mol. The van der Waals surface area contributed by atoms with Gasteiger partial charge in [-0.05, 0) is 41.5 Å². The highest BCUT2D eigenvalue weighted by molar-refractivity contribution is 5.96. The fraction of sp³-hybridized carbons (Fsp3) is 0. The largest absolute Gasteiger partial charge is 0.384 e. The lowest BCUT2D eigenvalue weighted by atomic mass is 10.0. The van der Waals surface area contributed by atoms with Crippen LogP contribution < -0.4 is 11.5 Å². The molecule has 0 radical (unpaired) electrons. The third-order valence-corrected chi connectivity index (χ3v) is 3.57. The van der Waals surface area contributed by atoms with E-state index in [0.29, 0.717) is 5.82 Å². The topological polar surface area (TPSA) is 119 Å². The molecule has 23 heavy (non-hydrogen) atoms. The molecule has 0 aliphatic heterocycles. The number of rotatable bonds is 2. The van der Waals surface area contributed by atoms with Crippen LogP contribution in [0.5, 0.6) is 0 Å². The molecule has 0 aliphatic rings. The normalized spacial score (nSPS) is 11.0. The molecule has 112 valence electrons. The Labute approximate surface area is 131 Å². The summed E-state index contributed by atoms with van der Waals surface area (Å²) >= 11 is 0. The second kappa shape index (κ2) is 5.06. The lowest BCUT2D eigenvalue weighted by Gasteiger charge is -2.03. The van der Waals surface area contributed by atoms with E-state index in [0.717, 1.165) is 33.5 Å². The fourth-order valence-electron chi connectivity index (χ4n) is 2.56. The van der Waals surface area contributed by atoms with Crippen LogP contribution in [0.2, 0.25) is 0 Å². The number of fused-ring (bicyclic) bond motifs is 1. The molecule has 7 heteroatoms. The van der Waals surface area contributed by atoms with Gasteiger partial charge in [-0.3, -0.25) is 0 Å². The third kappa shape index (κ3) is 2.34. The van der Waals surface area contributed by atoms with Crippen LogP contribution in [0.4, 0.5) is 11.8 Å². The summed E-state index contributed by atoms with van der Waals surface area (Å²) in [5.41, 5.74) is 15.8. The number of nitrogens with one attached hydrogen (secondary N) is 1. The van der Waals surface area contributed by atoms with Crippen molar-refractivity contribution >= 4 is 22.8 Å². The van der Waals surface area contributed by atoms with Crippen LogP contribution in [-0.4, -0.2) is 24.9 Å². The molecule has 7 nitrogen and oxygen atoms in total. The summed E-state index contributed by atoms with van der Waals surface area (Å²) in [5.74, 6) is 0.711. The molecule has 0 aliphatic carbocycles. The maximum atomic E-state index is 5.79. The van der Waals surface area contributed by atoms with Gasteiger partial charge in [-0.2, -0.15) is 0 Å². The minimum absolute atomic E-state index is 0.233. The van der Waals surface area contributed by atoms with Crippen molar-refractivity contribution in [3.8, 4) is 22.5 Å². The van der Waals surface area contributed by atoms with E-state index >= 15 is 0 Å². The van der Waals surface area contributed by atoms with E-state index in [9.17, 15) is 0 Å². The molecule has 0 bridgehead atoms. The highest BCUT2D eigenvalue weighted by Gasteiger charge is 2.11. The van der Waals surface area contributed by atoms with Gasteiger partial charge in [0.05, 0.1) is 11.4 Å². The van der Waals surface area contributed by atoms with Gasteiger partial charge < -0.3 is 16.5 Å². The van der Waals surface area contributed by atoms with Crippen LogP contribution in [0.1, 0.15) is 0 Å². The predicted molar refractivity (Wildman–Crippen MR) is 89.2 cm³/mol. The van der Waals surface area contributed by atoms with Gasteiger partial charge >= 0.3 is 0 Å². The Morgan fingerprint density at radius 3 is 2.52 bits per heavy atom. The van der Waals surface area contributed by atoms with E-state index < -0.39 is 0 Å². The monoisotopic (exact) mass is 303 g/mol. The second-order valence-corrected chi connectivity index (χ2v) is 5.07. The summed E-state index contributed by atoms with van der Waals surface area (Å²) in [4.78, 5) is 19.8. The molecule has 4 heterocycles. The van der Waals surface area contributed by atoms with Gasteiger partial charge in [0.25, 0.3) is 0 Å². The predicted octanol–water partition coefficient (Wildman–Crippen LogP) is 2.25. The van der Waals surface area contributed by atoms with Crippen LogP contribution in [-0.2, 0) is 0 Å². The van der Waals surface area contributed by atoms with Crippen molar-refractivity contribution in [3.63, 3.8) is 0 Å². The molecule has 0 aromatic carbocycles. The van der Waals surface area contributed by atoms with Gasteiger partial charge in [0.2, 0.25) is 5.95 Å². The first-order valence-corrected chi connectivity index (χ1v) is 6.99. The number of anilines is 2. The lowest BCUT2D eigenvalue weighted by Crippen LogP contribution is -1.94. The number of nitrogen functional groups attached to an aromatic ring is 2. The quantitative estimate of drug-likeness (QED) is 0.522. The standard InChI is InChI=1S/C16H13N7/c17-14-7-9(1-4-19-14)10-2-5-20-15-11(10)8-13(22-15)12-3-6-21-16(18)23-12/h1-8H,(H2,17,19)(H,20,22)(H2,18,21,23). The summed E-state index contributed by atoms with van der Waals surface area (Å²) in [6.07, 6.45) is 5.07. The summed E-state index contributed by atoms with van der Waals surface area (Å²) < 4.78 is 0. The van der Waals surface area contributed by atoms with Gasteiger partial charge in [-0.1, -0.05) is 0 Å². The first-order chi connectivity index (χ1) is 11.2. The van der Waals surface area contributed by atoms with Crippen molar-refractivity contribution in [1.29, 1.82) is 0 Å². The highest BCUT2D eigenvalue weighted by Crippen LogP contribution is 2.31. The molecule has 0 amide bonds. The Morgan fingerprint density at radius 2 is 1.70 bits per heavy atom. The zero-order valence-electron chi connectivity index (χ0n) is 12.1. The number of pyridine rings is 2. The first kappa shape index (κ1) is 13.2. The molecule has 0 saturated heterocycles. The molecule has 0 fully saturated rings. The van der Waals surface area contributed by atoms with Crippen molar-refractivity contribution in [2.24, 2.45) is 0 Å². The molecule has 4 rings (SSSR count). The molecule has 4 aromatic heterocycles. The summed E-state index contributed by atoms with van der Waals surface area (Å²) in [7, 11) is 0. The van der Waals surface area contributed by atoms with E-state index in [2.05, 4.69) is 24.9 Å². The van der Waals surface area contributed by atoms with Crippen molar-refractivity contribution in [1.82, 2.24) is 24.9 Å². The van der Waals surface area contributed by atoms with Crippen molar-refractivity contribution in [2.45, 2.75) is 0 Å². The minimum Gasteiger partial charge on any atom is -0.384 e. The fourth-order valence-corrected chi connectivity index (χ4v) is 2.56. The van der Waals surface area contributed by atoms with Gasteiger partial charge in [-0.25, -0.2) is 19.9 Å². The van der Waals surface area contributed by atoms with Crippen LogP contribution in [0.3, 0.4) is 0 Å². The van der Waals surface area contributed by atoms with E-state index in [4.69, 9.17) is 11.5 Å². The minimum atomic E-state index is 0.233. The number of nitrogens with zero attached hydrogens (tertiary/aromatic N) is 4. The van der Waals surface area contributed by atoms with Crippen LogP contribution in [0.15, 0.2) is 48.9 Å². The van der Waals surface area contributed by atoms with Gasteiger partial charge in [0, 0.05) is 24.0 Å². The van der Waals surface area contributed by atoms with Crippen LogP contribution in [0, 0.1) is 0 Å². The van der Waals surface area contributed by atoms with E-state index in [1.165, 1.54) is 0 Å². The molecular weight excluding hydrogens is 290 g/mol.